The molecule has 0 bridgehead atoms. The lowest BCUT2D eigenvalue weighted by atomic mass is 10.2. The summed E-state index contributed by atoms with van der Waals surface area (Å²) in [6.07, 6.45) is 2.60. The largest absolute Gasteiger partial charge is 0.493 e. The van der Waals surface area contributed by atoms with Crippen molar-refractivity contribution in [3.8, 4) is 11.5 Å². The van der Waals surface area contributed by atoms with Gasteiger partial charge in [0.1, 0.15) is 11.4 Å². The zero-order chi connectivity index (χ0) is 20.8. The Labute approximate surface area is 182 Å². The van der Waals surface area contributed by atoms with E-state index in [1.807, 2.05) is 30.3 Å². The molecule has 0 N–H and O–H groups in total. The number of hydrogen-bond donors (Lipinski definition) is 0. The second kappa shape index (κ2) is 10.1. The van der Waals surface area contributed by atoms with Gasteiger partial charge in [0.15, 0.2) is 11.5 Å². The Hall–Kier alpha value is -2.35. The molecule has 7 heteroatoms. The Morgan fingerprint density at radius 2 is 1.80 bits per heavy atom. The highest BCUT2D eigenvalue weighted by Crippen LogP contribution is 2.37. The van der Waals surface area contributed by atoms with Gasteiger partial charge in [-0.25, -0.2) is 9.97 Å². The van der Waals surface area contributed by atoms with E-state index in [1.54, 1.807) is 25.2 Å². The summed E-state index contributed by atoms with van der Waals surface area (Å²) in [5.74, 6) is 1.45. The molecule has 1 aliphatic rings. The lowest BCUT2D eigenvalue weighted by molar-refractivity contribution is 0.145. The fourth-order valence-corrected chi connectivity index (χ4v) is 4.43. The molecule has 1 saturated heterocycles. The predicted octanol–water partition coefficient (Wildman–Crippen LogP) is 3.81. The van der Waals surface area contributed by atoms with Crippen LogP contribution in [0.15, 0.2) is 58.7 Å². The molecule has 30 heavy (non-hydrogen) atoms. The zero-order valence-corrected chi connectivity index (χ0v) is 18.4. The summed E-state index contributed by atoms with van der Waals surface area (Å²) in [4.78, 5) is 15.0. The highest BCUT2D eigenvalue weighted by Gasteiger charge is 2.15. The number of fused-ring (bicyclic) bond motifs is 1. The summed E-state index contributed by atoms with van der Waals surface area (Å²) >= 11 is 1.62. The topological polar surface area (TPSA) is 50.7 Å². The molecule has 0 spiro atoms. The van der Waals surface area contributed by atoms with E-state index in [2.05, 4.69) is 38.9 Å². The van der Waals surface area contributed by atoms with E-state index in [4.69, 9.17) is 9.47 Å². The number of benzene rings is 2. The molecule has 1 fully saturated rings. The van der Waals surface area contributed by atoms with Gasteiger partial charge < -0.3 is 19.3 Å². The fraction of sp³-hybridized carbons (Fsp3) is 0.391. The Morgan fingerprint density at radius 1 is 1.00 bits per heavy atom. The quantitative estimate of drug-likeness (QED) is 0.403. The molecule has 1 aromatic heterocycles. The first-order valence-corrected chi connectivity index (χ1v) is 11.1. The Kier molecular flexibility index (Phi) is 7.04. The first-order valence-electron chi connectivity index (χ1n) is 10.3. The molecule has 0 amide bonds. The van der Waals surface area contributed by atoms with E-state index < -0.39 is 0 Å². The average molecular weight is 425 g/mol. The summed E-state index contributed by atoms with van der Waals surface area (Å²) in [7, 11) is 3.85. The van der Waals surface area contributed by atoms with E-state index in [9.17, 15) is 0 Å². The van der Waals surface area contributed by atoms with Crippen LogP contribution in [0.25, 0.3) is 10.9 Å². The number of piperazine rings is 1. The molecule has 0 aliphatic carbocycles. The monoisotopic (exact) mass is 424 g/mol. The zero-order valence-electron chi connectivity index (χ0n) is 17.6. The van der Waals surface area contributed by atoms with Gasteiger partial charge in [-0.1, -0.05) is 30.0 Å². The smallest absolute Gasteiger partial charge is 0.163 e. The van der Waals surface area contributed by atoms with Gasteiger partial charge in [-0.15, -0.1) is 0 Å². The van der Waals surface area contributed by atoms with Crippen molar-refractivity contribution in [1.29, 1.82) is 0 Å². The van der Waals surface area contributed by atoms with Crippen molar-refractivity contribution in [2.75, 3.05) is 53.5 Å². The maximum atomic E-state index is 6.08. The summed E-state index contributed by atoms with van der Waals surface area (Å²) in [6.45, 7) is 6.27. The number of ether oxygens (including phenoxy) is 2. The van der Waals surface area contributed by atoms with E-state index >= 15 is 0 Å². The minimum absolute atomic E-state index is 0.658. The maximum absolute atomic E-state index is 6.08. The van der Waals surface area contributed by atoms with Gasteiger partial charge in [0.25, 0.3) is 0 Å². The number of likely N-dealkylation sites (N-methyl/N-ethyl adjacent to an activating group) is 1. The first-order chi connectivity index (χ1) is 14.7. The van der Waals surface area contributed by atoms with Gasteiger partial charge in [0.2, 0.25) is 0 Å². The van der Waals surface area contributed by atoms with Gasteiger partial charge in [0, 0.05) is 49.1 Å². The van der Waals surface area contributed by atoms with Crippen molar-refractivity contribution < 1.29 is 9.47 Å². The number of aromatic nitrogens is 2. The van der Waals surface area contributed by atoms with Gasteiger partial charge in [-0.2, -0.15) is 0 Å². The second-order valence-corrected chi connectivity index (χ2v) is 8.52. The minimum atomic E-state index is 0.658. The van der Waals surface area contributed by atoms with E-state index in [-0.39, 0.29) is 0 Å². The van der Waals surface area contributed by atoms with Crippen LogP contribution >= 0.6 is 11.8 Å². The predicted molar refractivity (Wildman–Crippen MR) is 121 cm³/mol. The molecule has 4 rings (SSSR count). The first kappa shape index (κ1) is 20.9. The van der Waals surface area contributed by atoms with Crippen LogP contribution in [0.1, 0.15) is 6.42 Å². The van der Waals surface area contributed by atoms with Crippen LogP contribution in [0.2, 0.25) is 0 Å². The Bertz CT molecular complexity index is 962. The third-order valence-electron chi connectivity index (χ3n) is 5.31. The highest BCUT2D eigenvalue weighted by molar-refractivity contribution is 7.99. The number of nitrogens with zero attached hydrogens (tertiary/aromatic N) is 4. The minimum Gasteiger partial charge on any atom is -0.493 e. The SMILES string of the molecule is COc1cc2c(Sc3ccccc3)ncnc2cc1OCCCN1CCN(C)CC1. The molecule has 3 aromatic rings. The van der Waals surface area contributed by atoms with Gasteiger partial charge >= 0.3 is 0 Å². The second-order valence-electron chi connectivity index (χ2n) is 7.46. The van der Waals surface area contributed by atoms with Crippen LogP contribution in [0.4, 0.5) is 0 Å². The summed E-state index contributed by atoms with van der Waals surface area (Å²) in [6, 6.07) is 14.2. The molecule has 6 nitrogen and oxygen atoms in total. The molecular formula is C23H28N4O2S. The van der Waals surface area contributed by atoms with Crippen molar-refractivity contribution in [2.24, 2.45) is 0 Å². The molecule has 0 radical (unpaired) electrons. The maximum Gasteiger partial charge on any atom is 0.163 e. The molecule has 2 aromatic carbocycles. The van der Waals surface area contributed by atoms with Crippen LogP contribution < -0.4 is 9.47 Å². The van der Waals surface area contributed by atoms with Crippen LogP contribution in [0.5, 0.6) is 11.5 Å². The van der Waals surface area contributed by atoms with Crippen molar-refractivity contribution in [2.45, 2.75) is 16.3 Å². The van der Waals surface area contributed by atoms with E-state index in [0.717, 1.165) is 65.7 Å². The molecule has 1 aliphatic heterocycles. The summed E-state index contributed by atoms with van der Waals surface area (Å²) in [5.41, 5.74) is 0.860. The van der Waals surface area contributed by atoms with Crippen LogP contribution in [-0.4, -0.2) is 73.3 Å². The standard InChI is InChI=1S/C23H28N4O2S/c1-26-10-12-27(13-11-26)9-6-14-29-22-16-20-19(15-21(22)28-2)23(25-17-24-20)30-18-7-4-3-5-8-18/h3-5,7-8,15-17H,6,9-14H2,1-2H3. The van der Waals surface area contributed by atoms with Crippen molar-refractivity contribution in [3.63, 3.8) is 0 Å². The third-order valence-corrected chi connectivity index (χ3v) is 6.34. The molecular weight excluding hydrogens is 396 g/mol. The number of hydrogen-bond acceptors (Lipinski definition) is 7. The highest BCUT2D eigenvalue weighted by atomic mass is 32.2. The molecule has 0 atom stereocenters. The van der Waals surface area contributed by atoms with E-state index in [0.29, 0.717) is 12.4 Å². The fourth-order valence-electron chi connectivity index (χ4n) is 3.54. The van der Waals surface area contributed by atoms with Crippen LogP contribution in [0.3, 0.4) is 0 Å². The van der Waals surface area contributed by atoms with Crippen LogP contribution in [0, 0.1) is 0 Å². The molecule has 2 heterocycles. The lowest BCUT2D eigenvalue weighted by Gasteiger charge is -2.32. The average Bonchev–Trinajstić information content (AvgIpc) is 2.78. The Morgan fingerprint density at radius 3 is 2.57 bits per heavy atom. The molecule has 0 saturated carbocycles. The van der Waals surface area contributed by atoms with Crippen molar-refractivity contribution >= 4 is 22.7 Å². The number of rotatable bonds is 8. The summed E-state index contributed by atoms with van der Waals surface area (Å²) in [5, 5.41) is 1.87. The van der Waals surface area contributed by atoms with Gasteiger partial charge in [-0.3, -0.25) is 0 Å². The van der Waals surface area contributed by atoms with Crippen molar-refractivity contribution in [3.05, 3.63) is 48.8 Å². The molecule has 158 valence electrons. The normalized spacial score (nSPS) is 15.4. The Balaban J connectivity index is 1.43. The van der Waals surface area contributed by atoms with Gasteiger partial charge in [-0.05, 0) is 31.7 Å². The molecule has 0 unspecified atom stereocenters. The third kappa shape index (κ3) is 5.22. The van der Waals surface area contributed by atoms with E-state index in [1.165, 1.54) is 0 Å². The summed E-state index contributed by atoms with van der Waals surface area (Å²) < 4.78 is 11.7. The van der Waals surface area contributed by atoms with Crippen LogP contribution in [-0.2, 0) is 0 Å². The van der Waals surface area contributed by atoms with Gasteiger partial charge in [0.05, 0.1) is 19.2 Å². The van der Waals surface area contributed by atoms with Crippen molar-refractivity contribution in [1.82, 2.24) is 19.8 Å². The number of methoxy groups -OCH3 is 1. The lowest BCUT2D eigenvalue weighted by Crippen LogP contribution is -2.44.